The SMILES string of the molecule is CCOc1c(-c2ccc(OC)c(F)c2)c(-c2cccc(C#N)c2F)nn1C1CCCC(N)C1. The standard InChI is InChI=1S/C25H26F2N4O2/c1-3-33-25-22(15-10-11-21(32-2)20(26)12-15)24(19-9-4-6-16(14-28)23(19)27)30-31(25)18-8-5-7-17(29)13-18/h4,6,9-12,17-18H,3,5,7-8,13,29H2,1-2H3. The zero-order valence-corrected chi connectivity index (χ0v) is 18.6. The van der Waals surface area contributed by atoms with Gasteiger partial charge in [-0.1, -0.05) is 12.1 Å². The molecule has 4 rings (SSSR count). The minimum Gasteiger partial charge on any atom is -0.494 e. The fraction of sp³-hybridized carbons (Fsp3) is 0.360. The van der Waals surface area contributed by atoms with Crippen molar-refractivity contribution in [3.63, 3.8) is 0 Å². The first-order chi connectivity index (χ1) is 16.0. The molecule has 0 bridgehead atoms. The molecule has 0 aliphatic heterocycles. The summed E-state index contributed by atoms with van der Waals surface area (Å²) in [7, 11) is 1.39. The lowest BCUT2D eigenvalue weighted by Crippen LogP contribution is -2.30. The average Bonchev–Trinajstić information content (AvgIpc) is 3.18. The molecule has 0 radical (unpaired) electrons. The molecule has 8 heteroatoms. The summed E-state index contributed by atoms with van der Waals surface area (Å²) in [6.07, 6.45) is 3.44. The Morgan fingerprint density at radius 1 is 1.24 bits per heavy atom. The van der Waals surface area contributed by atoms with Gasteiger partial charge in [-0.25, -0.2) is 13.5 Å². The maximum absolute atomic E-state index is 15.3. The van der Waals surface area contributed by atoms with Crippen molar-refractivity contribution in [1.82, 2.24) is 9.78 Å². The molecular formula is C25H26F2N4O2. The summed E-state index contributed by atoms with van der Waals surface area (Å²) < 4.78 is 42.8. The van der Waals surface area contributed by atoms with Gasteiger partial charge in [0, 0.05) is 11.6 Å². The second-order valence-corrected chi connectivity index (χ2v) is 8.12. The largest absolute Gasteiger partial charge is 0.494 e. The van der Waals surface area contributed by atoms with Gasteiger partial charge in [-0.15, -0.1) is 0 Å². The van der Waals surface area contributed by atoms with Crippen molar-refractivity contribution in [3.8, 4) is 40.1 Å². The van der Waals surface area contributed by atoms with Gasteiger partial charge in [0.1, 0.15) is 17.6 Å². The van der Waals surface area contributed by atoms with Gasteiger partial charge in [-0.3, -0.25) is 0 Å². The normalized spacial score (nSPS) is 18.1. The van der Waals surface area contributed by atoms with Crippen molar-refractivity contribution in [2.24, 2.45) is 5.73 Å². The molecule has 172 valence electrons. The number of nitriles is 1. The predicted molar refractivity (Wildman–Crippen MR) is 121 cm³/mol. The number of nitrogens with zero attached hydrogens (tertiary/aromatic N) is 3. The zero-order chi connectivity index (χ0) is 23.5. The van der Waals surface area contributed by atoms with Crippen LogP contribution in [0.3, 0.4) is 0 Å². The Hall–Kier alpha value is -3.44. The molecule has 1 aromatic heterocycles. The van der Waals surface area contributed by atoms with Gasteiger partial charge in [0.05, 0.1) is 30.9 Å². The van der Waals surface area contributed by atoms with Crippen LogP contribution in [-0.2, 0) is 0 Å². The van der Waals surface area contributed by atoms with Crippen molar-refractivity contribution in [2.75, 3.05) is 13.7 Å². The van der Waals surface area contributed by atoms with Crippen molar-refractivity contribution < 1.29 is 18.3 Å². The lowest BCUT2D eigenvalue weighted by Gasteiger charge is -2.28. The molecule has 33 heavy (non-hydrogen) atoms. The third-order valence-corrected chi connectivity index (χ3v) is 6.00. The van der Waals surface area contributed by atoms with Crippen LogP contribution < -0.4 is 15.2 Å². The summed E-state index contributed by atoms with van der Waals surface area (Å²) in [4.78, 5) is 0. The molecule has 0 saturated heterocycles. The Kier molecular flexibility index (Phi) is 6.61. The van der Waals surface area contributed by atoms with Crippen molar-refractivity contribution in [2.45, 2.75) is 44.7 Å². The van der Waals surface area contributed by atoms with Crippen LogP contribution in [-0.4, -0.2) is 29.5 Å². The topological polar surface area (TPSA) is 86.1 Å². The van der Waals surface area contributed by atoms with E-state index in [1.165, 1.54) is 25.3 Å². The van der Waals surface area contributed by atoms with E-state index in [9.17, 15) is 9.65 Å². The first-order valence-corrected chi connectivity index (χ1v) is 11.0. The van der Waals surface area contributed by atoms with E-state index < -0.39 is 11.6 Å². The molecule has 1 saturated carbocycles. The van der Waals surface area contributed by atoms with Crippen LogP contribution in [0.15, 0.2) is 36.4 Å². The van der Waals surface area contributed by atoms with Gasteiger partial charge in [-0.05, 0) is 62.4 Å². The molecule has 1 aliphatic carbocycles. The van der Waals surface area contributed by atoms with Gasteiger partial charge in [0.15, 0.2) is 11.6 Å². The van der Waals surface area contributed by atoms with Gasteiger partial charge in [0.25, 0.3) is 0 Å². The molecule has 1 fully saturated rings. The van der Waals surface area contributed by atoms with Gasteiger partial charge < -0.3 is 15.2 Å². The van der Waals surface area contributed by atoms with Crippen LogP contribution in [0.5, 0.6) is 11.6 Å². The number of ether oxygens (including phenoxy) is 2. The van der Waals surface area contributed by atoms with Crippen LogP contribution in [0.25, 0.3) is 22.4 Å². The molecule has 2 N–H and O–H groups in total. The number of methoxy groups -OCH3 is 1. The molecular weight excluding hydrogens is 426 g/mol. The first-order valence-electron chi connectivity index (χ1n) is 11.0. The fourth-order valence-electron chi connectivity index (χ4n) is 4.44. The van der Waals surface area contributed by atoms with E-state index in [1.807, 2.05) is 13.0 Å². The van der Waals surface area contributed by atoms with Crippen LogP contribution >= 0.6 is 0 Å². The predicted octanol–water partition coefficient (Wildman–Crippen LogP) is 5.22. The average molecular weight is 453 g/mol. The highest BCUT2D eigenvalue weighted by atomic mass is 19.1. The van der Waals surface area contributed by atoms with E-state index in [4.69, 9.17) is 20.3 Å². The molecule has 1 aliphatic rings. The van der Waals surface area contributed by atoms with Crippen LogP contribution in [0, 0.1) is 23.0 Å². The highest BCUT2D eigenvalue weighted by Gasteiger charge is 2.30. The monoisotopic (exact) mass is 452 g/mol. The van der Waals surface area contributed by atoms with E-state index in [-0.39, 0.29) is 34.7 Å². The number of halogens is 2. The zero-order valence-electron chi connectivity index (χ0n) is 18.6. The minimum absolute atomic E-state index is 0.0337. The fourth-order valence-corrected chi connectivity index (χ4v) is 4.44. The van der Waals surface area contributed by atoms with Crippen molar-refractivity contribution in [1.29, 1.82) is 5.26 Å². The molecule has 2 aromatic carbocycles. The summed E-state index contributed by atoms with van der Waals surface area (Å²) in [5.74, 6) is -0.704. The van der Waals surface area contributed by atoms with E-state index in [2.05, 4.69) is 0 Å². The summed E-state index contributed by atoms with van der Waals surface area (Å²) in [6, 6.07) is 11.0. The number of benzene rings is 2. The van der Waals surface area contributed by atoms with Crippen LogP contribution in [0.2, 0.25) is 0 Å². The van der Waals surface area contributed by atoms with Crippen LogP contribution in [0.1, 0.15) is 44.2 Å². The Labute approximate surface area is 191 Å². The minimum atomic E-state index is -0.678. The molecule has 6 nitrogen and oxygen atoms in total. The van der Waals surface area contributed by atoms with E-state index >= 15 is 4.39 Å². The highest BCUT2D eigenvalue weighted by molar-refractivity contribution is 5.85. The van der Waals surface area contributed by atoms with E-state index in [0.717, 1.165) is 19.3 Å². The molecule has 2 unspecified atom stereocenters. The smallest absolute Gasteiger partial charge is 0.220 e. The summed E-state index contributed by atoms with van der Waals surface area (Å²) in [6.45, 7) is 2.19. The molecule has 2 atom stereocenters. The Morgan fingerprint density at radius 2 is 2.06 bits per heavy atom. The van der Waals surface area contributed by atoms with Gasteiger partial charge in [0.2, 0.25) is 5.88 Å². The molecule has 0 amide bonds. The lowest BCUT2D eigenvalue weighted by atomic mass is 9.91. The Balaban J connectivity index is 1.99. The maximum atomic E-state index is 15.3. The van der Waals surface area contributed by atoms with Crippen molar-refractivity contribution >= 4 is 0 Å². The number of hydrogen-bond acceptors (Lipinski definition) is 5. The van der Waals surface area contributed by atoms with Gasteiger partial charge >= 0.3 is 0 Å². The van der Waals surface area contributed by atoms with E-state index in [1.54, 1.807) is 22.9 Å². The quantitative estimate of drug-likeness (QED) is 0.554. The number of rotatable bonds is 6. The second-order valence-electron chi connectivity index (χ2n) is 8.12. The molecule has 0 spiro atoms. The Bertz CT molecular complexity index is 1200. The van der Waals surface area contributed by atoms with Crippen molar-refractivity contribution in [3.05, 3.63) is 53.6 Å². The first kappa shape index (κ1) is 22.7. The highest BCUT2D eigenvalue weighted by Crippen LogP contribution is 2.44. The van der Waals surface area contributed by atoms with E-state index in [0.29, 0.717) is 30.0 Å². The molecule has 1 heterocycles. The lowest BCUT2D eigenvalue weighted by molar-refractivity contribution is 0.245. The third kappa shape index (κ3) is 4.29. The molecule has 3 aromatic rings. The Morgan fingerprint density at radius 3 is 2.73 bits per heavy atom. The number of hydrogen-bond donors (Lipinski definition) is 1. The maximum Gasteiger partial charge on any atom is 0.220 e. The summed E-state index contributed by atoms with van der Waals surface area (Å²) in [5, 5.41) is 14.1. The third-order valence-electron chi connectivity index (χ3n) is 6.00. The summed E-state index contributed by atoms with van der Waals surface area (Å²) >= 11 is 0. The van der Waals surface area contributed by atoms with Crippen LogP contribution in [0.4, 0.5) is 8.78 Å². The number of aromatic nitrogens is 2. The van der Waals surface area contributed by atoms with Gasteiger partial charge in [-0.2, -0.15) is 10.4 Å². The number of nitrogens with two attached hydrogens (primary N) is 1. The second kappa shape index (κ2) is 9.59. The summed E-state index contributed by atoms with van der Waals surface area (Å²) in [5.41, 5.74) is 7.51.